The van der Waals surface area contributed by atoms with Crippen molar-refractivity contribution >= 4 is 69.7 Å². The summed E-state index contributed by atoms with van der Waals surface area (Å²) >= 11 is 8.48. The molecule has 1 aromatic rings. The van der Waals surface area contributed by atoms with Gasteiger partial charge in [0.2, 0.25) is 8.32 Å². The van der Waals surface area contributed by atoms with Crippen LogP contribution in [0.3, 0.4) is 0 Å². The Morgan fingerprint density at radius 1 is 1.25 bits per heavy atom. The second-order valence-corrected chi connectivity index (χ2v) is 15.1. The van der Waals surface area contributed by atoms with Crippen molar-refractivity contribution in [1.82, 2.24) is 10.2 Å². The highest BCUT2D eigenvalue weighted by Crippen LogP contribution is 2.47. The maximum Gasteiger partial charge on any atom is 0.341 e. The standard InChI is InChI=1S/C18H20Br2N2O4SSi/c1-28(2,3)26-18(25)13-11(9-19)14(20)27-17-12(16(24)22(13)17)21-15(23)10-7-5-4-6-8-10/h4-8,12,14,17H,9H2,1-3H3,(H,21,23)/t12?,14?,17-/m1/s1. The van der Waals surface area contributed by atoms with Crippen LogP contribution in [-0.4, -0.2) is 51.9 Å². The van der Waals surface area contributed by atoms with Gasteiger partial charge in [-0.25, -0.2) is 4.79 Å². The quantitative estimate of drug-likeness (QED) is 0.347. The van der Waals surface area contributed by atoms with Crippen LogP contribution in [0.1, 0.15) is 10.4 Å². The van der Waals surface area contributed by atoms with Gasteiger partial charge in [-0.1, -0.05) is 50.1 Å². The number of halogens is 2. The first-order valence-electron chi connectivity index (χ1n) is 8.65. The van der Waals surface area contributed by atoms with Crippen molar-refractivity contribution in [3.05, 3.63) is 47.2 Å². The van der Waals surface area contributed by atoms with Gasteiger partial charge in [-0.3, -0.25) is 14.5 Å². The molecule has 2 amide bonds. The van der Waals surface area contributed by atoms with Crippen LogP contribution in [0.5, 0.6) is 0 Å². The van der Waals surface area contributed by atoms with Crippen molar-refractivity contribution in [2.45, 2.75) is 35.2 Å². The van der Waals surface area contributed by atoms with Gasteiger partial charge in [-0.15, -0.1) is 11.8 Å². The fraction of sp³-hybridized carbons (Fsp3) is 0.389. The lowest BCUT2D eigenvalue weighted by Gasteiger charge is -2.51. The molecule has 0 aliphatic carbocycles. The summed E-state index contributed by atoms with van der Waals surface area (Å²) in [6.45, 7) is 5.75. The molecular weight excluding hydrogens is 528 g/mol. The topological polar surface area (TPSA) is 75.7 Å². The molecule has 2 aliphatic heterocycles. The molecule has 1 saturated heterocycles. The van der Waals surface area contributed by atoms with Gasteiger partial charge in [0.25, 0.3) is 11.8 Å². The summed E-state index contributed by atoms with van der Waals surface area (Å²) in [5.74, 6) is -1.10. The summed E-state index contributed by atoms with van der Waals surface area (Å²) in [4.78, 5) is 39.6. The molecule has 0 aromatic heterocycles. The van der Waals surface area contributed by atoms with Crippen LogP contribution in [0.4, 0.5) is 0 Å². The number of thioether (sulfide) groups is 1. The molecule has 0 radical (unpaired) electrons. The maximum atomic E-state index is 12.8. The fourth-order valence-electron chi connectivity index (χ4n) is 2.93. The van der Waals surface area contributed by atoms with Gasteiger partial charge < -0.3 is 9.74 Å². The van der Waals surface area contributed by atoms with Crippen molar-refractivity contribution in [2.75, 3.05) is 5.33 Å². The van der Waals surface area contributed by atoms with Gasteiger partial charge in [0, 0.05) is 10.9 Å². The predicted molar refractivity (Wildman–Crippen MR) is 119 cm³/mol. The van der Waals surface area contributed by atoms with Crippen molar-refractivity contribution in [3.8, 4) is 0 Å². The van der Waals surface area contributed by atoms with E-state index in [1.54, 1.807) is 24.3 Å². The smallest absolute Gasteiger partial charge is 0.341 e. The summed E-state index contributed by atoms with van der Waals surface area (Å²) in [6.07, 6.45) is 0. The average Bonchev–Trinajstić information content (AvgIpc) is 2.64. The third-order valence-corrected chi connectivity index (χ3v) is 8.07. The van der Waals surface area contributed by atoms with Gasteiger partial charge >= 0.3 is 5.97 Å². The molecule has 1 aromatic carbocycles. The normalized spacial score (nSPS) is 24.4. The summed E-state index contributed by atoms with van der Waals surface area (Å²) in [7, 11) is -2.13. The Balaban J connectivity index is 1.84. The lowest BCUT2D eigenvalue weighted by Crippen LogP contribution is -2.71. The van der Waals surface area contributed by atoms with E-state index >= 15 is 0 Å². The minimum absolute atomic E-state index is 0.165. The molecule has 1 N–H and O–H groups in total. The monoisotopic (exact) mass is 546 g/mol. The molecule has 2 unspecified atom stereocenters. The maximum absolute atomic E-state index is 12.8. The van der Waals surface area contributed by atoms with E-state index in [4.69, 9.17) is 4.43 Å². The molecule has 0 bridgehead atoms. The molecule has 150 valence electrons. The van der Waals surface area contributed by atoms with Gasteiger partial charge in [-0.05, 0) is 37.3 Å². The molecule has 2 heterocycles. The third kappa shape index (κ3) is 4.24. The highest BCUT2D eigenvalue weighted by molar-refractivity contribution is 9.11. The molecule has 2 aliphatic rings. The van der Waals surface area contributed by atoms with Crippen LogP contribution < -0.4 is 5.32 Å². The number of hydrogen-bond donors (Lipinski definition) is 1. The first-order valence-corrected chi connectivity index (χ1v) is 15.0. The number of hydrogen-bond acceptors (Lipinski definition) is 5. The average molecular weight is 548 g/mol. The number of nitrogens with zero attached hydrogens (tertiary/aromatic N) is 1. The van der Waals surface area contributed by atoms with Crippen molar-refractivity contribution in [3.63, 3.8) is 0 Å². The van der Waals surface area contributed by atoms with Crippen LogP contribution in [0, 0.1) is 0 Å². The number of carbonyl (C=O) groups excluding carboxylic acids is 3. The van der Waals surface area contributed by atoms with Crippen molar-refractivity contribution in [2.24, 2.45) is 0 Å². The van der Waals surface area contributed by atoms with Gasteiger partial charge in [-0.2, -0.15) is 0 Å². The summed E-state index contributed by atoms with van der Waals surface area (Å²) in [6, 6.07) is 8.05. The number of fused-ring (bicyclic) bond motifs is 1. The summed E-state index contributed by atoms with van der Waals surface area (Å²) < 4.78 is 5.49. The Kier molecular flexibility index (Phi) is 6.43. The Morgan fingerprint density at radius 3 is 2.46 bits per heavy atom. The van der Waals surface area contributed by atoms with Crippen molar-refractivity contribution in [1.29, 1.82) is 0 Å². The van der Waals surface area contributed by atoms with E-state index in [0.29, 0.717) is 10.9 Å². The van der Waals surface area contributed by atoms with Gasteiger partial charge in [0.1, 0.15) is 17.1 Å². The zero-order chi connectivity index (χ0) is 20.6. The number of alkyl halides is 2. The van der Waals surface area contributed by atoms with Gasteiger partial charge in [0.15, 0.2) is 0 Å². The molecule has 10 heteroatoms. The van der Waals surface area contributed by atoms with Crippen LogP contribution >= 0.6 is 43.6 Å². The lowest BCUT2D eigenvalue weighted by molar-refractivity contribution is -0.148. The number of nitrogens with one attached hydrogen (secondary N) is 1. The summed E-state index contributed by atoms with van der Waals surface area (Å²) in [5.41, 5.74) is 1.52. The molecule has 0 saturated carbocycles. The molecule has 1 fully saturated rings. The first-order chi connectivity index (χ1) is 13.1. The first kappa shape index (κ1) is 21.6. The molecule has 3 atom stereocenters. The molecule has 3 rings (SSSR count). The Labute approximate surface area is 185 Å². The zero-order valence-corrected chi connectivity index (χ0v) is 20.6. The van der Waals surface area contributed by atoms with E-state index in [1.165, 1.54) is 16.7 Å². The van der Waals surface area contributed by atoms with Gasteiger partial charge in [0.05, 0.1) is 4.16 Å². The fourth-order valence-corrected chi connectivity index (χ4v) is 7.14. The minimum atomic E-state index is -2.13. The number of rotatable bonds is 5. The Morgan fingerprint density at radius 2 is 1.89 bits per heavy atom. The number of carbonyl (C=O) groups is 3. The van der Waals surface area contributed by atoms with E-state index in [9.17, 15) is 14.4 Å². The number of β-lactam (4-membered cyclic amide) rings is 1. The zero-order valence-electron chi connectivity index (χ0n) is 15.6. The lowest BCUT2D eigenvalue weighted by atomic mass is 10.0. The second-order valence-electron chi connectivity index (χ2n) is 7.38. The Bertz CT molecular complexity index is 844. The molecule has 0 spiro atoms. The van der Waals surface area contributed by atoms with Crippen LogP contribution in [-0.2, 0) is 14.0 Å². The highest BCUT2D eigenvalue weighted by atomic mass is 79.9. The van der Waals surface area contributed by atoms with E-state index in [2.05, 4.69) is 37.2 Å². The summed E-state index contributed by atoms with van der Waals surface area (Å²) in [5, 5.41) is 2.86. The molecule has 28 heavy (non-hydrogen) atoms. The van der Waals surface area contributed by atoms with E-state index in [-0.39, 0.29) is 27.0 Å². The van der Waals surface area contributed by atoms with Crippen LogP contribution in [0.25, 0.3) is 0 Å². The number of benzene rings is 1. The van der Waals surface area contributed by atoms with E-state index < -0.39 is 20.3 Å². The third-order valence-electron chi connectivity index (χ3n) is 4.18. The van der Waals surface area contributed by atoms with E-state index in [0.717, 1.165) is 5.57 Å². The number of amides is 2. The molecule has 6 nitrogen and oxygen atoms in total. The predicted octanol–water partition coefficient (Wildman–Crippen LogP) is 3.45. The minimum Gasteiger partial charge on any atom is -0.515 e. The molecular formula is C18H20Br2N2O4SSi. The highest BCUT2D eigenvalue weighted by Gasteiger charge is 2.56. The second kappa shape index (κ2) is 8.33. The van der Waals surface area contributed by atoms with E-state index in [1.807, 2.05) is 25.7 Å². The largest absolute Gasteiger partial charge is 0.515 e. The Hall–Kier alpha value is -1.10. The van der Waals surface area contributed by atoms with Crippen LogP contribution in [0.2, 0.25) is 19.6 Å². The van der Waals surface area contributed by atoms with Crippen molar-refractivity contribution < 1.29 is 18.8 Å². The SMILES string of the molecule is C[Si](C)(C)OC(=O)C1=C(CBr)C(Br)S[C@@H]2C(NC(=O)c3ccccc3)C(=O)N12. The van der Waals surface area contributed by atoms with Crippen LogP contribution in [0.15, 0.2) is 41.6 Å².